The molecule has 0 aliphatic rings. The minimum atomic E-state index is -0.0186. The van der Waals surface area contributed by atoms with Gasteiger partial charge in [-0.1, -0.05) is 5.73 Å². The predicted octanol–water partition coefficient (Wildman–Crippen LogP) is 1.04. The molecule has 3 heteroatoms. The van der Waals surface area contributed by atoms with E-state index >= 15 is 0 Å². The minimum absolute atomic E-state index is 0.0186. The Morgan fingerprint density at radius 3 is 2.88 bits per heavy atom. The van der Waals surface area contributed by atoms with E-state index in [1.54, 1.807) is 6.07 Å². The number of nitriles is 1. The molecule has 0 aromatic heterocycles. The monoisotopic (exact) mass is 127 g/mol. The molecule has 0 spiro atoms. The first-order chi connectivity index (χ1) is 3.81. The predicted molar refractivity (Wildman–Crippen MR) is 33.7 cm³/mol. The third kappa shape index (κ3) is 3.35. The van der Waals surface area contributed by atoms with E-state index in [4.69, 9.17) is 10.4 Å². The number of nitrogens with zero attached hydrogens (tertiary/aromatic N) is 1. The largest absolute Gasteiger partial charge is 0.504 e. The molecule has 0 aromatic rings. The highest BCUT2D eigenvalue weighted by Gasteiger charge is 1.78. The first kappa shape index (κ1) is 7.16. The molecule has 0 aliphatic heterocycles. The Labute approximate surface area is 53.2 Å². The summed E-state index contributed by atoms with van der Waals surface area (Å²) in [6, 6.07) is 1.68. The molecule has 0 unspecified atom stereocenters. The molecular formula is C5H5NOS. The van der Waals surface area contributed by atoms with Crippen LogP contribution in [0.4, 0.5) is 0 Å². The second-order valence-corrected chi connectivity index (χ2v) is 1.34. The lowest BCUT2D eigenvalue weighted by Crippen LogP contribution is -1.75. The van der Waals surface area contributed by atoms with Crippen LogP contribution in [0.15, 0.2) is 17.6 Å². The molecule has 0 saturated heterocycles. The quantitative estimate of drug-likeness (QED) is 0.239. The lowest BCUT2D eigenvalue weighted by Gasteiger charge is -1.80. The molecule has 0 bridgehead atoms. The van der Waals surface area contributed by atoms with Crippen molar-refractivity contribution in [1.29, 1.82) is 5.26 Å². The summed E-state index contributed by atoms with van der Waals surface area (Å²) >= 11 is 3.71. The first-order valence-corrected chi connectivity index (χ1v) is 2.58. The summed E-state index contributed by atoms with van der Waals surface area (Å²) in [6.45, 7) is 0. The van der Waals surface area contributed by atoms with Gasteiger partial charge in [0.15, 0.2) is 0 Å². The third-order valence-corrected chi connectivity index (χ3v) is 0.753. The average Bonchev–Trinajstić information content (AvgIpc) is 1.83. The maximum absolute atomic E-state index is 8.54. The Kier molecular flexibility index (Phi) is 3.87. The molecule has 42 valence electrons. The van der Waals surface area contributed by atoms with Crippen molar-refractivity contribution < 1.29 is 5.11 Å². The van der Waals surface area contributed by atoms with Crippen molar-refractivity contribution in [1.82, 2.24) is 0 Å². The number of thiol groups is 1. The smallest absolute Gasteiger partial charge is 0.145 e. The summed E-state index contributed by atoms with van der Waals surface area (Å²) in [5.41, 5.74) is 2.29. The van der Waals surface area contributed by atoms with Crippen molar-refractivity contribution in [2.24, 2.45) is 0 Å². The molecule has 0 rings (SSSR count). The summed E-state index contributed by atoms with van der Waals surface area (Å²) in [4.78, 5) is 0. The van der Waals surface area contributed by atoms with E-state index in [0.717, 1.165) is 6.08 Å². The minimum Gasteiger partial charge on any atom is -0.504 e. The summed E-state index contributed by atoms with van der Waals surface area (Å²) in [5, 5.41) is 16.4. The van der Waals surface area contributed by atoms with E-state index in [-0.39, 0.29) is 11.5 Å². The molecule has 1 N–H and O–H groups in total. The molecule has 0 aromatic carbocycles. The maximum atomic E-state index is 8.54. The number of rotatable bonds is 1. The summed E-state index contributed by atoms with van der Waals surface area (Å²) in [6.07, 6.45) is 1.07. The number of aliphatic hydroxyl groups is 1. The fourth-order valence-corrected chi connectivity index (χ4v) is 0.253. The van der Waals surface area contributed by atoms with Crippen LogP contribution in [0.5, 0.6) is 0 Å². The molecule has 0 aliphatic carbocycles. The van der Waals surface area contributed by atoms with Gasteiger partial charge in [-0.3, -0.25) is 0 Å². The van der Waals surface area contributed by atoms with Crippen LogP contribution in [-0.2, 0) is 0 Å². The van der Waals surface area contributed by atoms with Crippen LogP contribution >= 0.6 is 12.6 Å². The van der Waals surface area contributed by atoms with Gasteiger partial charge in [0, 0.05) is 0 Å². The summed E-state index contributed by atoms with van der Waals surface area (Å²) < 4.78 is 0. The van der Waals surface area contributed by atoms with E-state index in [0.29, 0.717) is 0 Å². The summed E-state index contributed by atoms with van der Waals surface area (Å²) in [5.74, 6) is 0.202. The van der Waals surface area contributed by atoms with Gasteiger partial charge in [-0.2, -0.15) is 17.9 Å². The van der Waals surface area contributed by atoms with Crippen LogP contribution in [0.2, 0.25) is 0 Å². The average molecular weight is 127 g/mol. The molecular weight excluding hydrogens is 122 g/mol. The van der Waals surface area contributed by atoms with Gasteiger partial charge in [0.1, 0.15) is 5.76 Å². The van der Waals surface area contributed by atoms with Crippen molar-refractivity contribution in [3.05, 3.63) is 17.6 Å². The molecule has 2 nitrogen and oxygen atoms in total. The van der Waals surface area contributed by atoms with Crippen molar-refractivity contribution in [3.8, 4) is 6.07 Å². The Hall–Kier alpha value is -0.840. The highest BCUT2D eigenvalue weighted by molar-refractivity contribution is 7.80. The lowest BCUT2D eigenvalue weighted by atomic mass is 10.5. The normalized spacial score (nSPS) is 6.50. The standard InChI is InChI=1S/C5H5NOS/c6-3-1-2-5(7)4-8/h1,7-8H,4H2. The van der Waals surface area contributed by atoms with Crippen molar-refractivity contribution >= 4 is 12.6 Å². The maximum Gasteiger partial charge on any atom is 0.145 e. The lowest BCUT2D eigenvalue weighted by molar-refractivity contribution is 0.419. The van der Waals surface area contributed by atoms with E-state index in [1.807, 2.05) is 0 Å². The molecule has 0 saturated carbocycles. The Morgan fingerprint density at radius 2 is 2.50 bits per heavy atom. The molecule has 0 atom stereocenters. The highest BCUT2D eigenvalue weighted by atomic mass is 32.1. The Morgan fingerprint density at radius 1 is 1.88 bits per heavy atom. The van der Waals surface area contributed by atoms with Crippen LogP contribution in [-0.4, -0.2) is 10.9 Å². The van der Waals surface area contributed by atoms with Crippen LogP contribution in [0.1, 0.15) is 0 Å². The third-order valence-electron chi connectivity index (χ3n) is 0.453. The SMILES string of the molecule is N#CC=C=C(O)CS. The zero-order valence-corrected chi connectivity index (χ0v) is 5.02. The van der Waals surface area contributed by atoms with Gasteiger partial charge >= 0.3 is 0 Å². The first-order valence-electron chi connectivity index (χ1n) is 1.94. The fourth-order valence-electron chi connectivity index (χ4n) is 0.161. The zero-order chi connectivity index (χ0) is 6.41. The van der Waals surface area contributed by atoms with Gasteiger partial charge in [0.2, 0.25) is 0 Å². The summed E-state index contributed by atoms with van der Waals surface area (Å²) in [7, 11) is 0. The van der Waals surface area contributed by atoms with Gasteiger partial charge in [0.05, 0.1) is 17.9 Å². The highest BCUT2D eigenvalue weighted by Crippen LogP contribution is 1.85. The Bertz CT molecular complexity index is 162. The van der Waals surface area contributed by atoms with Crippen LogP contribution in [0, 0.1) is 11.3 Å². The fraction of sp³-hybridized carbons (Fsp3) is 0.200. The van der Waals surface area contributed by atoms with Crippen LogP contribution in [0.25, 0.3) is 0 Å². The van der Waals surface area contributed by atoms with E-state index in [9.17, 15) is 0 Å². The van der Waals surface area contributed by atoms with Crippen molar-refractivity contribution in [2.45, 2.75) is 0 Å². The van der Waals surface area contributed by atoms with Crippen LogP contribution < -0.4 is 0 Å². The number of aliphatic hydroxyl groups excluding tert-OH is 1. The molecule has 0 radical (unpaired) electrons. The molecule has 0 heterocycles. The van der Waals surface area contributed by atoms with Crippen molar-refractivity contribution in [3.63, 3.8) is 0 Å². The van der Waals surface area contributed by atoms with Gasteiger partial charge in [-0.15, -0.1) is 0 Å². The van der Waals surface area contributed by atoms with E-state index in [1.165, 1.54) is 0 Å². The molecule has 0 amide bonds. The Balaban J connectivity index is 3.97. The second-order valence-electron chi connectivity index (χ2n) is 1.02. The molecule has 0 fully saturated rings. The van der Waals surface area contributed by atoms with Gasteiger partial charge in [-0.25, -0.2) is 0 Å². The van der Waals surface area contributed by atoms with E-state index < -0.39 is 0 Å². The van der Waals surface area contributed by atoms with Gasteiger partial charge in [0.25, 0.3) is 0 Å². The molecule has 8 heavy (non-hydrogen) atoms. The van der Waals surface area contributed by atoms with E-state index in [2.05, 4.69) is 18.4 Å². The number of hydrogen-bond acceptors (Lipinski definition) is 3. The van der Waals surface area contributed by atoms with Crippen LogP contribution in [0.3, 0.4) is 0 Å². The second kappa shape index (κ2) is 4.32. The van der Waals surface area contributed by atoms with Gasteiger partial charge in [-0.05, 0) is 0 Å². The topological polar surface area (TPSA) is 44.0 Å². The van der Waals surface area contributed by atoms with Gasteiger partial charge < -0.3 is 5.11 Å². The zero-order valence-electron chi connectivity index (χ0n) is 4.13. The number of hydrogen-bond donors (Lipinski definition) is 2. The van der Waals surface area contributed by atoms with Crippen molar-refractivity contribution in [2.75, 3.05) is 5.75 Å².